The predicted molar refractivity (Wildman–Crippen MR) is 69.0 cm³/mol. The van der Waals surface area contributed by atoms with Gasteiger partial charge in [0.25, 0.3) is 0 Å². The molecule has 1 amide bonds. The molecule has 2 atom stereocenters. The summed E-state index contributed by atoms with van der Waals surface area (Å²) in [6.45, 7) is 3.65. The molecule has 2 heterocycles. The highest BCUT2D eigenvalue weighted by Gasteiger charge is 2.42. The van der Waals surface area contributed by atoms with E-state index >= 15 is 0 Å². The molecule has 0 aromatic rings. The molecule has 0 radical (unpaired) electrons. The van der Waals surface area contributed by atoms with E-state index in [1.54, 1.807) is 0 Å². The third-order valence-electron chi connectivity index (χ3n) is 5.13. The first-order valence-corrected chi connectivity index (χ1v) is 7.31. The highest BCUT2D eigenvalue weighted by Crippen LogP contribution is 2.40. The van der Waals surface area contributed by atoms with Gasteiger partial charge in [0.05, 0.1) is 0 Å². The summed E-state index contributed by atoms with van der Waals surface area (Å²) in [5, 5.41) is 0. The molecule has 2 aliphatic heterocycles. The topological polar surface area (TPSA) is 55.6 Å². The highest BCUT2D eigenvalue weighted by atomic mass is 16.5. The molecule has 102 valence electrons. The molecule has 3 fully saturated rings. The molecule has 3 aliphatic rings. The third-order valence-corrected chi connectivity index (χ3v) is 5.13. The highest BCUT2D eigenvalue weighted by molar-refractivity contribution is 5.79. The van der Waals surface area contributed by atoms with Gasteiger partial charge in [0.1, 0.15) is 0 Å². The number of nitrogens with two attached hydrogens (primary N) is 1. The maximum Gasteiger partial charge on any atom is 0.225 e. The quantitative estimate of drug-likeness (QED) is 0.761. The van der Waals surface area contributed by atoms with Gasteiger partial charge < -0.3 is 15.4 Å². The molecule has 2 unspecified atom stereocenters. The summed E-state index contributed by atoms with van der Waals surface area (Å²) in [5.74, 6) is 0.571. The van der Waals surface area contributed by atoms with Crippen LogP contribution in [0.25, 0.3) is 0 Å². The van der Waals surface area contributed by atoms with Crippen LogP contribution in [0, 0.1) is 11.3 Å². The Bertz CT molecular complexity index is 326. The fourth-order valence-electron chi connectivity index (χ4n) is 3.83. The largest absolute Gasteiger partial charge is 0.381 e. The predicted octanol–water partition coefficient (Wildman–Crippen LogP) is 1.14. The van der Waals surface area contributed by atoms with Gasteiger partial charge in [0.2, 0.25) is 5.91 Å². The fourth-order valence-corrected chi connectivity index (χ4v) is 3.83. The van der Waals surface area contributed by atoms with Crippen molar-refractivity contribution in [3.63, 3.8) is 0 Å². The summed E-state index contributed by atoms with van der Waals surface area (Å²) in [4.78, 5) is 14.6. The van der Waals surface area contributed by atoms with Gasteiger partial charge in [-0.25, -0.2) is 0 Å². The molecule has 3 rings (SSSR count). The van der Waals surface area contributed by atoms with Crippen LogP contribution in [0.2, 0.25) is 0 Å². The van der Waals surface area contributed by atoms with E-state index in [-0.39, 0.29) is 12.0 Å². The molecule has 4 nitrogen and oxygen atoms in total. The van der Waals surface area contributed by atoms with Crippen molar-refractivity contribution in [1.82, 2.24) is 4.90 Å². The molecule has 1 spiro atoms. The average molecular weight is 252 g/mol. The van der Waals surface area contributed by atoms with Crippen LogP contribution in [0.1, 0.15) is 38.5 Å². The van der Waals surface area contributed by atoms with Crippen molar-refractivity contribution < 1.29 is 9.53 Å². The van der Waals surface area contributed by atoms with Gasteiger partial charge in [0.15, 0.2) is 0 Å². The second-order valence-electron chi connectivity index (χ2n) is 6.39. The van der Waals surface area contributed by atoms with Crippen molar-refractivity contribution in [3.8, 4) is 0 Å². The molecule has 0 aromatic carbocycles. The Labute approximate surface area is 109 Å². The van der Waals surface area contributed by atoms with Crippen LogP contribution in [-0.2, 0) is 9.53 Å². The zero-order valence-corrected chi connectivity index (χ0v) is 11.1. The molecule has 2 N–H and O–H groups in total. The van der Waals surface area contributed by atoms with E-state index in [4.69, 9.17) is 10.5 Å². The average Bonchev–Trinajstić information content (AvgIpc) is 2.97. The lowest BCUT2D eigenvalue weighted by Gasteiger charge is -2.33. The van der Waals surface area contributed by atoms with Gasteiger partial charge in [0, 0.05) is 38.3 Å². The maximum atomic E-state index is 12.5. The summed E-state index contributed by atoms with van der Waals surface area (Å²) in [6.07, 6.45) is 6.32. The van der Waals surface area contributed by atoms with Gasteiger partial charge >= 0.3 is 0 Å². The van der Waals surface area contributed by atoms with Crippen molar-refractivity contribution in [3.05, 3.63) is 0 Å². The number of hydrogen-bond acceptors (Lipinski definition) is 3. The molecular weight excluding hydrogens is 228 g/mol. The monoisotopic (exact) mass is 252 g/mol. The van der Waals surface area contributed by atoms with Crippen LogP contribution in [0.3, 0.4) is 0 Å². The van der Waals surface area contributed by atoms with E-state index in [1.807, 2.05) is 0 Å². The molecule has 0 aromatic heterocycles. The summed E-state index contributed by atoms with van der Waals surface area (Å²) >= 11 is 0. The van der Waals surface area contributed by atoms with Crippen LogP contribution >= 0.6 is 0 Å². The third kappa shape index (κ3) is 2.28. The summed E-state index contributed by atoms with van der Waals surface area (Å²) in [6, 6.07) is 0.249. The number of hydrogen-bond donors (Lipinski definition) is 1. The normalized spacial score (nSPS) is 35.3. The van der Waals surface area contributed by atoms with Crippen LogP contribution < -0.4 is 5.73 Å². The Kier molecular flexibility index (Phi) is 3.32. The van der Waals surface area contributed by atoms with Gasteiger partial charge in [-0.15, -0.1) is 0 Å². The Balaban J connectivity index is 1.59. The fraction of sp³-hybridized carbons (Fsp3) is 0.929. The molecule has 0 bridgehead atoms. The zero-order chi connectivity index (χ0) is 12.6. The second kappa shape index (κ2) is 4.82. The van der Waals surface area contributed by atoms with Gasteiger partial charge in [-0.05, 0) is 43.9 Å². The second-order valence-corrected chi connectivity index (χ2v) is 6.39. The summed E-state index contributed by atoms with van der Waals surface area (Å²) < 4.78 is 5.45. The Hall–Kier alpha value is -0.610. The first kappa shape index (κ1) is 12.4. The first-order chi connectivity index (χ1) is 8.69. The minimum absolute atomic E-state index is 0.204. The van der Waals surface area contributed by atoms with E-state index in [0.717, 1.165) is 58.4 Å². The number of rotatable bonds is 1. The number of likely N-dealkylation sites (tertiary alicyclic amines) is 1. The minimum Gasteiger partial charge on any atom is -0.381 e. The lowest BCUT2D eigenvalue weighted by Crippen LogP contribution is -2.38. The van der Waals surface area contributed by atoms with Crippen LogP contribution in [0.4, 0.5) is 0 Å². The zero-order valence-electron chi connectivity index (χ0n) is 11.1. The van der Waals surface area contributed by atoms with Crippen molar-refractivity contribution >= 4 is 5.91 Å². The van der Waals surface area contributed by atoms with E-state index < -0.39 is 0 Å². The number of amides is 1. The molecule has 18 heavy (non-hydrogen) atoms. The van der Waals surface area contributed by atoms with E-state index in [0.29, 0.717) is 11.3 Å². The molecule has 4 heteroatoms. The Morgan fingerprint density at radius 2 is 2.00 bits per heavy atom. The van der Waals surface area contributed by atoms with Crippen molar-refractivity contribution in [2.24, 2.45) is 17.1 Å². The Morgan fingerprint density at radius 3 is 2.67 bits per heavy atom. The molecular formula is C14H24N2O2. The van der Waals surface area contributed by atoms with Gasteiger partial charge in [-0.2, -0.15) is 0 Å². The van der Waals surface area contributed by atoms with Gasteiger partial charge in [-0.3, -0.25) is 4.79 Å². The standard InChI is InChI=1S/C14H24N2O2/c15-12-2-1-11(9-12)13(17)16-6-3-14(10-16)4-7-18-8-5-14/h11-12H,1-10,15H2. The number of carbonyl (C=O) groups excluding carboxylic acids is 1. The van der Waals surface area contributed by atoms with Crippen molar-refractivity contribution in [2.75, 3.05) is 26.3 Å². The number of ether oxygens (including phenoxy) is 1. The smallest absolute Gasteiger partial charge is 0.225 e. The van der Waals surface area contributed by atoms with E-state index in [9.17, 15) is 4.79 Å². The summed E-state index contributed by atoms with van der Waals surface area (Å²) in [5.41, 5.74) is 6.28. The summed E-state index contributed by atoms with van der Waals surface area (Å²) in [7, 11) is 0. The van der Waals surface area contributed by atoms with Crippen molar-refractivity contribution in [2.45, 2.75) is 44.6 Å². The lowest BCUT2D eigenvalue weighted by molar-refractivity contribution is -0.135. The molecule has 2 saturated heterocycles. The SMILES string of the molecule is NC1CCC(C(=O)N2CCC3(CCOCC3)C2)C1. The van der Waals surface area contributed by atoms with Crippen LogP contribution in [-0.4, -0.2) is 43.2 Å². The number of carbonyl (C=O) groups is 1. The minimum atomic E-state index is 0.204. The number of nitrogens with zero attached hydrogens (tertiary/aromatic N) is 1. The van der Waals surface area contributed by atoms with Crippen LogP contribution in [0.5, 0.6) is 0 Å². The van der Waals surface area contributed by atoms with Crippen LogP contribution in [0.15, 0.2) is 0 Å². The lowest BCUT2D eigenvalue weighted by atomic mass is 9.80. The first-order valence-electron chi connectivity index (χ1n) is 7.31. The Morgan fingerprint density at radius 1 is 1.22 bits per heavy atom. The van der Waals surface area contributed by atoms with Gasteiger partial charge in [-0.1, -0.05) is 0 Å². The van der Waals surface area contributed by atoms with Crippen molar-refractivity contribution in [1.29, 1.82) is 0 Å². The molecule has 1 saturated carbocycles. The maximum absolute atomic E-state index is 12.5. The molecule has 1 aliphatic carbocycles. The van der Waals surface area contributed by atoms with E-state index in [1.165, 1.54) is 6.42 Å². The van der Waals surface area contributed by atoms with E-state index in [2.05, 4.69) is 4.90 Å².